The largest absolute Gasteiger partial charge is 0.326 e. The molecule has 4 nitrogen and oxygen atoms in total. The van der Waals surface area contributed by atoms with Crippen molar-refractivity contribution in [1.82, 2.24) is 0 Å². The zero-order chi connectivity index (χ0) is 26.2. The molecule has 0 spiro atoms. The van der Waals surface area contributed by atoms with Gasteiger partial charge in [-0.05, 0) is 66.2 Å². The smallest absolute Gasteiger partial charge is 0.260 e. The third kappa shape index (κ3) is 5.51. The molecule has 1 aliphatic carbocycles. The van der Waals surface area contributed by atoms with E-state index in [-0.39, 0.29) is 17.1 Å². The molecule has 3 aromatic carbocycles. The van der Waals surface area contributed by atoms with E-state index >= 15 is 0 Å². The highest BCUT2D eigenvalue weighted by Gasteiger charge is 2.67. The second-order valence-electron chi connectivity index (χ2n) is 8.20. The summed E-state index contributed by atoms with van der Waals surface area (Å²) in [5, 5.41) is 3.74. The van der Waals surface area contributed by atoms with E-state index in [1.807, 2.05) is 0 Å². The van der Waals surface area contributed by atoms with Crippen molar-refractivity contribution in [3.8, 4) is 0 Å². The van der Waals surface area contributed by atoms with Crippen LogP contribution in [0.2, 0.25) is 15.1 Å². The summed E-state index contributed by atoms with van der Waals surface area (Å²) in [6.07, 6.45) is 1.54. The molecule has 0 saturated heterocycles. The van der Waals surface area contributed by atoms with E-state index < -0.39 is 33.8 Å². The van der Waals surface area contributed by atoms with E-state index in [0.717, 1.165) is 0 Å². The van der Waals surface area contributed by atoms with Crippen molar-refractivity contribution < 1.29 is 14.0 Å². The van der Waals surface area contributed by atoms with Gasteiger partial charge in [-0.1, -0.05) is 40.9 Å². The number of anilines is 2. The minimum Gasteiger partial charge on any atom is -0.326 e. The molecule has 186 valence electrons. The number of nitrogens with one attached hydrogen (secondary N) is 1. The lowest BCUT2D eigenvalue weighted by molar-refractivity contribution is -0.117. The van der Waals surface area contributed by atoms with Crippen LogP contribution in [-0.2, 0) is 4.79 Å². The van der Waals surface area contributed by atoms with Gasteiger partial charge in [-0.3, -0.25) is 9.59 Å². The van der Waals surface area contributed by atoms with Crippen LogP contribution in [0, 0.1) is 11.7 Å². The lowest BCUT2D eigenvalue weighted by atomic mass is 10.1. The molecule has 0 aliphatic heterocycles. The van der Waals surface area contributed by atoms with Gasteiger partial charge in [0.15, 0.2) is 0 Å². The minimum atomic E-state index is -1.35. The number of hydrogen-bond acceptors (Lipinski definition) is 2. The normalized spacial score (nSPS) is 17.8. The Morgan fingerprint density at radius 3 is 2.25 bits per heavy atom. The van der Waals surface area contributed by atoms with Crippen LogP contribution >= 0.6 is 58.0 Å². The maximum atomic E-state index is 13.4. The molecule has 1 fully saturated rings. The summed E-state index contributed by atoms with van der Waals surface area (Å²) in [6, 6.07) is 14.9. The fourth-order valence-corrected chi connectivity index (χ4v) is 5.58. The first-order valence-electron chi connectivity index (χ1n) is 10.7. The third-order valence-corrected chi connectivity index (χ3v) is 7.45. The van der Waals surface area contributed by atoms with Crippen LogP contribution in [0.1, 0.15) is 21.8 Å². The highest BCUT2D eigenvalue weighted by Crippen LogP contribution is 2.65. The van der Waals surface area contributed by atoms with Gasteiger partial charge in [0.2, 0.25) is 5.91 Å². The average molecular weight is 587 g/mol. The molecule has 2 atom stereocenters. The first-order chi connectivity index (χ1) is 17.0. The van der Waals surface area contributed by atoms with Crippen LogP contribution in [0.15, 0.2) is 73.3 Å². The monoisotopic (exact) mass is 584 g/mol. The standard InChI is InChI=1S/C26H18Cl5FN2O2/c1-2-9-34(19-6-3-17(32)4-7-19)25(36)20-13-18(5-8-21(20)29)33-24(35)23-22(26(23,30)31)14-10-15(27)12-16(28)11-14/h2-8,10-13,22-23H,1,9H2,(H,33,35)/t22-,23+/m1/s1. The Labute approximate surface area is 232 Å². The quantitative estimate of drug-likeness (QED) is 0.224. The number of carbonyl (C=O) groups is 2. The lowest BCUT2D eigenvalue weighted by Gasteiger charge is -2.22. The maximum absolute atomic E-state index is 13.4. The zero-order valence-electron chi connectivity index (χ0n) is 18.5. The third-order valence-electron chi connectivity index (χ3n) is 5.74. The Balaban J connectivity index is 1.57. The number of hydrogen-bond donors (Lipinski definition) is 1. The van der Waals surface area contributed by atoms with Crippen LogP contribution < -0.4 is 10.2 Å². The summed E-state index contributed by atoms with van der Waals surface area (Å²) in [7, 11) is 0. The van der Waals surface area contributed by atoms with Crippen LogP contribution in [0.5, 0.6) is 0 Å². The molecule has 1 saturated carbocycles. The average Bonchev–Trinajstić information content (AvgIpc) is 3.40. The van der Waals surface area contributed by atoms with Gasteiger partial charge in [0.25, 0.3) is 5.91 Å². The fraction of sp³-hybridized carbons (Fsp3) is 0.154. The maximum Gasteiger partial charge on any atom is 0.260 e. The molecule has 1 aliphatic rings. The number of rotatable bonds is 7. The molecule has 3 aromatic rings. The van der Waals surface area contributed by atoms with Gasteiger partial charge < -0.3 is 10.2 Å². The predicted octanol–water partition coefficient (Wildman–Crippen LogP) is 8.14. The molecule has 2 amide bonds. The molecule has 0 unspecified atom stereocenters. The summed E-state index contributed by atoms with van der Waals surface area (Å²) in [5.41, 5.74) is 1.56. The van der Waals surface area contributed by atoms with Crippen molar-refractivity contribution >= 4 is 81.2 Å². The predicted molar refractivity (Wildman–Crippen MR) is 145 cm³/mol. The number of amides is 2. The summed E-state index contributed by atoms with van der Waals surface area (Å²) >= 11 is 31.4. The number of nitrogens with zero attached hydrogens (tertiary/aromatic N) is 1. The van der Waals surface area contributed by atoms with Gasteiger partial charge in [0.05, 0.1) is 16.5 Å². The summed E-state index contributed by atoms with van der Waals surface area (Å²) in [4.78, 5) is 27.8. The van der Waals surface area contributed by atoms with E-state index in [0.29, 0.717) is 27.0 Å². The van der Waals surface area contributed by atoms with E-state index in [2.05, 4.69) is 11.9 Å². The van der Waals surface area contributed by atoms with Crippen molar-refractivity contribution in [3.05, 3.63) is 105 Å². The minimum absolute atomic E-state index is 0.137. The fourth-order valence-electron chi connectivity index (χ4n) is 4.01. The Kier molecular flexibility index (Phi) is 7.89. The van der Waals surface area contributed by atoms with Crippen molar-refractivity contribution in [2.45, 2.75) is 10.3 Å². The first kappa shape index (κ1) is 26.8. The van der Waals surface area contributed by atoms with Crippen LogP contribution in [0.25, 0.3) is 0 Å². The van der Waals surface area contributed by atoms with Gasteiger partial charge in [-0.15, -0.1) is 29.8 Å². The summed E-state index contributed by atoms with van der Waals surface area (Å²) in [5.74, 6) is -2.62. The Morgan fingerprint density at radius 1 is 1.00 bits per heavy atom. The van der Waals surface area contributed by atoms with Crippen molar-refractivity contribution in [2.75, 3.05) is 16.8 Å². The van der Waals surface area contributed by atoms with Crippen molar-refractivity contribution in [1.29, 1.82) is 0 Å². The highest BCUT2D eigenvalue weighted by atomic mass is 35.5. The second-order valence-corrected chi connectivity index (χ2v) is 10.9. The molecule has 4 rings (SSSR count). The van der Waals surface area contributed by atoms with Gasteiger partial charge in [0, 0.05) is 33.9 Å². The van der Waals surface area contributed by atoms with E-state index in [4.69, 9.17) is 58.0 Å². The molecule has 0 aromatic heterocycles. The van der Waals surface area contributed by atoms with Gasteiger partial charge in [-0.25, -0.2) is 4.39 Å². The van der Waals surface area contributed by atoms with E-state index in [1.54, 1.807) is 24.3 Å². The molecule has 0 radical (unpaired) electrons. The number of halogens is 6. The van der Waals surface area contributed by atoms with E-state index in [1.165, 1.54) is 47.4 Å². The van der Waals surface area contributed by atoms with Gasteiger partial charge in [0.1, 0.15) is 10.2 Å². The Morgan fingerprint density at radius 2 is 1.64 bits per heavy atom. The number of benzene rings is 3. The summed E-state index contributed by atoms with van der Waals surface area (Å²) in [6.45, 7) is 3.84. The SMILES string of the molecule is C=CCN(C(=O)c1cc(NC(=O)[C@@H]2[C@@H](c3cc(Cl)cc(Cl)c3)C2(Cl)Cl)ccc1Cl)c1ccc(F)cc1. The van der Waals surface area contributed by atoms with Crippen LogP contribution in [0.4, 0.5) is 15.8 Å². The van der Waals surface area contributed by atoms with Gasteiger partial charge >= 0.3 is 0 Å². The Bertz CT molecular complexity index is 1330. The van der Waals surface area contributed by atoms with E-state index in [9.17, 15) is 14.0 Å². The van der Waals surface area contributed by atoms with Crippen molar-refractivity contribution in [3.63, 3.8) is 0 Å². The molecule has 1 N–H and O–H groups in total. The molecular weight excluding hydrogens is 569 g/mol. The first-order valence-corrected chi connectivity index (χ1v) is 12.5. The Hall–Kier alpha value is -2.28. The second kappa shape index (κ2) is 10.6. The van der Waals surface area contributed by atoms with Crippen LogP contribution in [-0.4, -0.2) is 22.7 Å². The molecule has 10 heteroatoms. The molecule has 0 heterocycles. The molecule has 0 bridgehead atoms. The van der Waals surface area contributed by atoms with Gasteiger partial charge in [-0.2, -0.15) is 0 Å². The highest BCUT2D eigenvalue weighted by molar-refractivity contribution is 6.53. The topological polar surface area (TPSA) is 49.4 Å². The van der Waals surface area contributed by atoms with Crippen molar-refractivity contribution in [2.24, 2.45) is 5.92 Å². The summed E-state index contributed by atoms with van der Waals surface area (Å²) < 4.78 is 12.0. The molecule has 36 heavy (non-hydrogen) atoms. The number of carbonyl (C=O) groups excluding carboxylic acids is 2. The van der Waals surface area contributed by atoms with Crippen LogP contribution in [0.3, 0.4) is 0 Å². The number of alkyl halides is 2. The lowest BCUT2D eigenvalue weighted by Crippen LogP contribution is -2.31. The zero-order valence-corrected chi connectivity index (χ0v) is 22.2. The molecular formula is C26H18Cl5FN2O2.